The molecule has 0 saturated carbocycles. The van der Waals surface area contributed by atoms with Crippen LogP contribution in [0.1, 0.15) is 40.2 Å². The van der Waals surface area contributed by atoms with E-state index in [1.807, 2.05) is 24.9 Å². The molecule has 2 aliphatic heterocycles. The number of likely N-dealkylation sites (N-methyl/N-ethyl adjacent to an activating group) is 1. The number of likely N-dealkylation sites (tertiary alicyclic amines) is 1. The normalized spacial score (nSPS) is 19.7. The summed E-state index contributed by atoms with van der Waals surface area (Å²) in [7, 11) is 5.92. The molecule has 0 aliphatic carbocycles. The lowest BCUT2D eigenvalue weighted by molar-refractivity contribution is 0.00942. The number of fused-ring (bicyclic) bond motifs is 2. The first-order valence-corrected chi connectivity index (χ1v) is 12.7. The van der Waals surface area contributed by atoms with Gasteiger partial charge in [0.05, 0.1) is 16.1 Å². The van der Waals surface area contributed by atoms with Crippen molar-refractivity contribution < 1.29 is 17.8 Å². The van der Waals surface area contributed by atoms with E-state index < -0.39 is 16.6 Å². The minimum absolute atomic E-state index is 0.0270. The molecule has 0 N–H and O–H groups in total. The molecule has 2 unspecified atom stereocenters. The van der Waals surface area contributed by atoms with E-state index in [0.29, 0.717) is 49.5 Å². The largest absolute Gasteiger partial charge is 0.340 e. The van der Waals surface area contributed by atoms with Gasteiger partial charge in [-0.2, -0.15) is 8.78 Å². The van der Waals surface area contributed by atoms with E-state index in [9.17, 15) is 17.8 Å². The summed E-state index contributed by atoms with van der Waals surface area (Å²) in [5.41, 5.74) is -0.992. The molecule has 1 fully saturated rings. The van der Waals surface area contributed by atoms with E-state index in [4.69, 9.17) is 0 Å². The van der Waals surface area contributed by atoms with Crippen molar-refractivity contribution >= 4 is 26.1 Å². The lowest BCUT2D eigenvalue weighted by Crippen LogP contribution is -2.56. The molecule has 1 saturated heterocycles. The molecule has 4 rings (SSSR count). The summed E-state index contributed by atoms with van der Waals surface area (Å²) in [6.07, 6.45) is 1.37. The Morgan fingerprint density at radius 2 is 1.79 bits per heavy atom. The van der Waals surface area contributed by atoms with Crippen LogP contribution in [0, 0.1) is 6.92 Å². The number of nitrogens with zero attached hydrogens (tertiary/aromatic N) is 4. The lowest BCUT2D eigenvalue weighted by atomic mass is 9.81. The van der Waals surface area contributed by atoms with Crippen molar-refractivity contribution in [3.05, 3.63) is 52.8 Å². The van der Waals surface area contributed by atoms with Crippen molar-refractivity contribution in [2.75, 3.05) is 40.8 Å². The number of aryl methyl sites for hydroxylation is 1. The predicted octanol–water partition coefficient (Wildman–Crippen LogP) is 3.38. The molecule has 2 aliphatic rings. The molecule has 0 bridgehead atoms. The van der Waals surface area contributed by atoms with Gasteiger partial charge in [0.15, 0.2) is 0 Å². The van der Waals surface area contributed by atoms with Gasteiger partial charge in [0.1, 0.15) is 11.0 Å². The van der Waals surface area contributed by atoms with Gasteiger partial charge >= 0.3 is 0 Å². The van der Waals surface area contributed by atoms with Gasteiger partial charge in [-0.05, 0) is 76.8 Å². The van der Waals surface area contributed by atoms with E-state index >= 15 is 0 Å². The summed E-state index contributed by atoms with van der Waals surface area (Å²) >= 11 is 0. The molecule has 2 aromatic rings. The maximum Gasteiger partial charge on any atom is 0.298 e. The van der Waals surface area contributed by atoms with Crippen LogP contribution in [0.15, 0.2) is 35.2 Å². The minimum Gasteiger partial charge on any atom is -0.340 e. The number of piperidine rings is 1. The van der Waals surface area contributed by atoms with Crippen LogP contribution in [-0.4, -0.2) is 69.6 Å². The number of aromatic nitrogens is 1. The average Bonchev–Trinajstić information content (AvgIpc) is 3.22. The zero-order valence-electron chi connectivity index (χ0n) is 19.5. The van der Waals surface area contributed by atoms with Crippen molar-refractivity contribution in [1.82, 2.24) is 18.7 Å². The molecule has 1 amide bonds. The van der Waals surface area contributed by atoms with Gasteiger partial charge in [0.25, 0.3) is 11.6 Å². The first-order chi connectivity index (χ1) is 15.5. The van der Waals surface area contributed by atoms with Crippen LogP contribution in [0.5, 0.6) is 0 Å². The second-order valence-corrected chi connectivity index (χ2v) is 11.6. The van der Waals surface area contributed by atoms with Crippen LogP contribution >= 0.6 is 9.24 Å². The molecular formula is C23H31F2N4O2PS. The fraction of sp³-hybridized carbons (Fsp3) is 0.522. The van der Waals surface area contributed by atoms with Crippen LogP contribution in [0.3, 0.4) is 0 Å². The molecule has 0 radical (unpaired) electrons. The van der Waals surface area contributed by atoms with Crippen molar-refractivity contribution in [3.8, 4) is 0 Å². The van der Waals surface area contributed by atoms with E-state index in [2.05, 4.69) is 4.90 Å². The highest BCUT2D eigenvalue weighted by atomic mass is 32.2. The SMILES string of the molecule is Cc1cc(C(=O)N2CCC3(CC2)c2ccc(C(F)(F)P)n2CCN3C)ccc1S(=O)N(C)C. The third-order valence-electron chi connectivity index (χ3n) is 7.01. The Hall–Kier alpha value is -1.67. The van der Waals surface area contributed by atoms with Gasteiger partial charge < -0.3 is 9.47 Å². The molecule has 1 spiro atoms. The number of amides is 1. The van der Waals surface area contributed by atoms with E-state index in [0.717, 1.165) is 11.3 Å². The third kappa shape index (κ3) is 4.29. The average molecular weight is 497 g/mol. The second-order valence-electron chi connectivity index (χ2n) is 9.17. The van der Waals surface area contributed by atoms with Crippen LogP contribution in [0.2, 0.25) is 0 Å². The van der Waals surface area contributed by atoms with Crippen molar-refractivity contribution in [3.63, 3.8) is 0 Å². The first-order valence-electron chi connectivity index (χ1n) is 11.0. The van der Waals surface area contributed by atoms with Gasteiger partial charge in [0, 0.05) is 37.4 Å². The summed E-state index contributed by atoms with van der Waals surface area (Å²) in [6.45, 7) is 4.18. The molecule has 6 nitrogen and oxygen atoms in total. The van der Waals surface area contributed by atoms with Gasteiger partial charge in [0.2, 0.25) is 0 Å². The molecule has 3 heterocycles. The van der Waals surface area contributed by atoms with Crippen molar-refractivity contribution in [2.24, 2.45) is 0 Å². The molecular weight excluding hydrogens is 465 g/mol. The molecule has 1 aromatic carbocycles. The van der Waals surface area contributed by atoms with Crippen LogP contribution in [0.4, 0.5) is 8.78 Å². The predicted molar refractivity (Wildman–Crippen MR) is 129 cm³/mol. The number of hydrogen-bond acceptors (Lipinski definition) is 3. The minimum atomic E-state index is -2.97. The number of benzene rings is 1. The monoisotopic (exact) mass is 496 g/mol. The maximum absolute atomic E-state index is 14.1. The first kappa shape index (κ1) is 24.5. The number of alkyl halides is 2. The van der Waals surface area contributed by atoms with Crippen molar-refractivity contribution in [2.45, 2.75) is 42.4 Å². The fourth-order valence-electron chi connectivity index (χ4n) is 5.14. The summed E-state index contributed by atoms with van der Waals surface area (Å²) in [6, 6.07) is 8.66. The van der Waals surface area contributed by atoms with E-state index in [1.54, 1.807) is 50.4 Å². The second kappa shape index (κ2) is 8.84. The van der Waals surface area contributed by atoms with Crippen LogP contribution < -0.4 is 0 Å². The third-order valence-corrected chi connectivity index (χ3v) is 8.80. The van der Waals surface area contributed by atoms with Crippen LogP contribution in [-0.2, 0) is 28.7 Å². The maximum atomic E-state index is 14.1. The highest BCUT2D eigenvalue weighted by Crippen LogP contribution is 2.45. The Balaban J connectivity index is 1.54. The quantitative estimate of drug-likeness (QED) is 0.610. The molecule has 2 atom stereocenters. The summed E-state index contributed by atoms with van der Waals surface area (Å²) < 4.78 is 44.0. The van der Waals surface area contributed by atoms with Gasteiger partial charge in [-0.1, -0.05) is 9.24 Å². The topological polar surface area (TPSA) is 48.8 Å². The number of halogens is 2. The van der Waals surface area contributed by atoms with Crippen LogP contribution in [0.25, 0.3) is 0 Å². The van der Waals surface area contributed by atoms with Crippen molar-refractivity contribution in [1.29, 1.82) is 0 Å². The number of carbonyl (C=O) groups is 1. The fourth-order valence-corrected chi connectivity index (χ4v) is 6.30. The Morgan fingerprint density at radius 3 is 2.36 bits per heavy atom. The summed E-state index contributed by atoms with van der Waals surface area (Å²) in [5.74, 6) is -0.0545. The Bertz CT molecular complexity index is 1090. The molecule has 10 heteroatoms. The zero-order chi connectivity index (χ0) is 24.1. The highest BCUT2D eigenvalue weighted by Gasteiger charge is 2.46. The smallest absolute Gasteiger partial charge is 0.298 e. The number of rotatable bonds is 4. The Kier molecular flexibility index (Phi) is 6.55. The molecule has 33 heavy (non-hydrogen) atoms. The Morgan fingerprint density at radius 1 is 1.12 bits per heavy atom. The van der Waals surface area contributed by atoms with Gasteiger partial charge in [-0.15, -0.1) is 0 Å². The summed E-state index contributed by atoms with van der Waals surface area (Å²) in [4.78, 5) is 18.0. The van der Waals surface area contributed by atoms with E-state index in [-0.39, 0.29) is 17.1 Å². The number of hydrogen-bond donors (Lipinski definition) is 0. The van der Waals surface area contributed by atoms with Gasteiger partial charge in [-0.25, -0.2) is 8.51 Å². The van der Waals surface area contributed by atoms with E-state index in [1.165, 1.54) is 6.07 Å². The highest BCUT2D eigenvalue weighted by molar-refractivity contribution is 7.82. The number of carbonyl (C=O) groups excluding carboxylic acids is 1. The Labute approximate surface area is 198 Å². The molecule has 1 aromatic heterocycles. The summed E-state index contributed by atoms with van der Waals surface area (Å²) in [5, 5.41) is 0. The lowest BCUT2D eigenvalue weighted by Gasteiger charge is -2.50. The van der Waals surface area contributed by atoms with Gasteiger partial charge in [-0.3, -0.25) is 9.69 Å². The zero-order valence-corrected chi connectivity index (χ0v) is 21.4. The molecule has 180 valence electrons. The standard InChI is InChI=1S/C23H31F2N4O2PS/c1-16-15-17(5-6-18(16)33(31)26(2)3)21(30)28-11-9-22(10-12-28)19-7-8-20(23(24,25)32)29(19)14-13-27(22)4/h5-8,15H,9-14,32H2,1-4H3.